The van der Waals surface area contributed by atoms with Crippen LogP contribution in [0.1, 0.15) is 5.56 Å². The first-order valence-electron chi connectivity index (χ1n) is 6.34. The monoisotopic (exact) mass is 284 g/mol. The highest BCUT2D eigenvalue weighted by atomic mass is 19.1. The van der Waals surface area contributed by atoms with E-state index in [2.05, 4.69) is 15.2 Å². The van der Waals surface area contributed by atoms with Crippen LogP contribution in [0, 0.1) is 12.7 Å². The summed E-state index contributed by atoms with van der Waals surface area (Å²) < 4.78 is 21.0. The molecule has 21 heavy (non-hydrogen) atoms. The molecule has 0 aliphatic carbocycles. The van der Waals surface area contributed by atoms with Crippen molar-refractivity contribution in [1.82, 2.24) is 19.7 Å². The Morgan fingerprint density at radius 3 is 2.57 bits per heavy atom. The Morgan fingerprint density at radius 2 is 1.86 bits per heavy atom. The Bertz CT molecular complexity index is 771. The molecule has 0 fully saturated rings. The lowest BCUT2D eigenvalue weighted by Crippen LogP contribution is -2.00. The molecule has 0 N–H and O–H groups in total. The second kappa shape index (κ2) is 5.32. The number of aromatic nitrogens is 4. The molecule has 0 atom stereocenters. The molecule has 3 rings (SSSR count). The van der Waals surface area contributed by atoms with E-state index in [4.69, 9.17) is 4.74 Å². The molecule has 106 valence electrons. The van der Waals surface area contributed by atoms with E-state index in [1.807, 2.05) is 13.0 Å². The van der Waals surface area contributed by atoms with E-state index in [9.17, 15) is 4.39 Å². The van der Waals surface area contributed by atoms with Gasteiger partial charge in [-0.05, 0) is 36.8 Å². The molecule has 2 heterocycles. The van der Waals surface area contributed by atoms with Crippen molar-refractivity contribution in [3.05, 3.63) is 54.5 Å². The SMILES string of the molecule is COc1ccc(F)c(-c2cc(C)cnc2-n2cnnc2)c1. The lowest BCUT2D eigenvalue weighted by molar-refractivity contribution is 0.414. The summed E-state index contributed by atoms with van der Waals surface area (Å²) in [7, 11) is 1.55. The smallest absolute Gasteiger partial charge is 0.147 e. The number of benzene rings is 1. The summed E-state index contributed by atoms with van der Waals surface area (Å²) >= 11 is 0. The number of nitrogens with zero attached hydrogens (tertiary/aromatic N) is 4. The van der Waals surface area contributed by atoms with Gasteiger partial charge in [0.25, 0.3) is 0 Å². The maximum absolute atomic E-state index is 14.2. The quantitative estimate of drug-likeness (QED) is 0.742. The van der Waals surface area contributed by atoms with Crippen LogP contribution in [0.4, 0.5) is 4.39 Å². The largest absolute Gasteiger partial charge is 0.497 e. The number of rotatable bonds is 3. The molecule has 0 aliphatic heterocycles. The maximum Gasteiger partial charge on any atom is 0.147 e. The summed E-state index contributed by atoms with van der Waals surface area (Å²) in [4.78, 5) is 4.37. The number of halogens is 1. The van der Waals surface area contributed by atoms with E-state index in [1.165, 1.54) is 18.7 Å². The van der Waals surface area contributed by atoms with E-state index in [0.29, 0.717) is 22.7 Å². The van der Waals surface area contributed by atoms with Crippen LogP contribution in [0.25, 0.3) is 16.9 Å². The molecule has 0 bridgehead atoms. The number of aryl methyl sites for hydroxylation is 1. The van der Waals surface area contributed by atoms with Gasteiger partial charge in [-0.1, -0.05) is 0 Å². The third kappa shape index (κ3) is 2.47. The fraction of sp³-hybridized carbons (Fsp3) is 0.133. The van der Waals surface area contributed by atoms with Gasteiger partial charge in [-0.3, -0.25) is 4.57 Å². The van der Waals surface area contributed by atoms with Crippen molar-refractivity contribution in [2.45, 2.75) is 6.92 Å². The van der Waals surface area contributed by atoms with Crippen LogP contribution in [0.3, 0.4) is 0 Å². The van der Waals surface area contributed by atoms with Crippen molar-refractivity contribution in [2.24, 2.45) is 0 Å². The summed E-state index contributed by atoms with van der Waals surface area (Å²) in [6.07, 6.45) is 4.77. The first kappa shape index (κ1) is 13.2. The van der Waals surface area contributed by atoms with Crippen LogP contribution in [0.2, 0.25) is 0 Å². The average Bonchev–Trinajstić information content (AvgIpc) is 3.02. The Labute approximate surface area is 121 Å². The molecule has 0 unspecified atom stereocenters. The summed E-state index contributed by atoms with van der Waals surface area (Å²) in [6, 6.07) is 6.49. The van der Waals surface area contributed by atoms with Crippen LogP contribution >= 0.6 is 0 Å². The van der Waals surface area contributed by atoms with Gasteiger partial charge in [0.1, 0.15) is 30.0 Å². The van der Waals surface area contributed by atoms with Gasteiger partial charge in [0.05, 0.1) is 7.11 Å². The minimum Gasteiger partial charge on any atom is -0.497 e. The second-order valence-electron chi connectivity index (χ2n) is 4.60. The van der Waals surface area contributed by atoms with E-state index in [-0.39, 0.29) is 5.82 Å². The predicted octanol–water partition coefficient (Wildman–Crippen LogP) is 2.79. The molecular formula is C15H13FN4O. The predicted molar refractivity (Wildman–Crippen MR) is 75.8 cm³/mol. The first-order chi connectivity index (χ1) is 10.2. The van der Waals surface area contributed by atoms with E-state index >= 15 is 0 Å². The fourth-order valence-electron chi connectivity index (χ4n) is 2.11. The van der Waals surface area contributed by atoms with Crippen LogP contribution in [-0.2, 0) is 0 Å². The average molecular weight is 284 g/mol. The minimum absolute atomic E-state index is 0.336. The molecule has 0 amide bonds. The van der Waals surface area contributed by atoms with Gasteiger partial charge in [0.2, 0.25) is 0 Å². The third-order valence-corrected chi connectivity index (χ3v) is 3.13. The second-order valence-corrected chi connectivity index (χ2v) is 4.60. The zero-order valence-corrected chi connectivity index (χ0v) is 11.6. The van der Waals surface area contributed by atoms with Gasteiger partial charge in [-0.25, -0.2) is 9.37 Å². The zero-order valence-electron chi connectivity index (χ0n) is 11.6. The Hall–Kier alpha value is -2.76. The molecule has 6 heteroatoms. The van der Waals surface area contributed by atoms with Crippen LogP contribution in [-0.4, -0.2) is 26.9 Å². The standard InChI is InChI=1S/C15H13FN4O/c1-10-5-13(12-6-11(21-2)3-4-14(12)16)15(17-7-10)20-8-18-19-9-20/h3-9H,1-2H3. The van der Waals surface area contributed by atoms with Crippen LogP contribution in [0.15, 0.2) is 43.1 Å². The molecule has 0 radical (unpaired) electrons. The minimum atomic E-state index is -0.336. The van der Waals surface area contributed by atoms with E-state index < -0.39 is 0 Å². The van der Waals surface area contributed by atoms with Crippen molar-refractivity contribution in [2.75, 3.05) is 7.11 Å². The number of ether oxygens (including phenoxy) is 1. The molecule has 3 aromatic rings. The maximum atomic E-state index is 14.2. The molecule has 0 saturated carbocycles. The molecular weight excluding hydrogens is 271 g/mol. The Kier molecular flexibility index (Phi) is 3.35. The van der Waals surface area contributed by atoms with Gasteiger partial charge in [0, 0.05) is 17.3 Å². The fourth-order valence-corrected chi connectivity index (χ4v) is 2.11. The van der Waals surface area contributed by atoms with Crippen LogP contribution < -0.4 is 4.74 Å². The van der Waals surface area contributed by atoms with E-state index in [1.54, 1.807) is 30.0 Å². The lowest BCUT2D eigenvalue weighted by atomic mass is 10.0. The highest BCUT2D eigenvalue weighted by Gasteiger charge is 2.14. The molecule has 0 aliphatic rings. The third-order valence-electron chi connectivity index (χ3n) is 3.13. The summed E-state index contributed by atoms with van der Waals surface area (Å²) in [6.45, 7) is 1.91. The summed E-state index contributed by atoms with van der Waals surface area (Å²) in [5.41, 5.74) is 2.02. The highest BCUT2D eigenvalue weighted by molar-refractivity contribution is 5.73. The van der Waals surface area contributed by atoms with Crippen molar-refractivity contribution in [3.63, 3.8) is 0 Å². The van der Waals surface area contributed by atoms with Gasteiger partial charge < -0.3 is 4.74 Å². The topological polar surface area (TPSA) is 52.8 Å². The van der Waals surface area contributed by atoms with Crippen LogP contribution in [0.5, 0.6) is 5.75 Å². The molecule has 5 nitrogen and oxygen atoms in total. The number of methoxy groups -OCH3 is 1. The van der Waals surface area contributed by atoms with E-state index in [0.717, 1.165) is 5.56 Å². The number of hydrogen-bond donors (Lipinski definition) is 0. The van der Waals surface area contributed by atoms with Crippen molar-refractivity contribution < 1.29 is 9.13 Å². The van der Waals surface area contributed by atoms with Crippen molar-refractivity contribution >= 4 is 0 Å². The Balaban J connectivity index is 2.24. The lowest BCUT2D eigenvalue weighted by Gasteiger charge is -2.12. The van der Waals surface area contributed by atoms with Gasteiger partial charge in [0.15, 0.2) is 0 Å². The molecule has 0 spiro atoms. The first-order valence-corrected chi connectivity index (χ1v) is 6.34. The summed E-state index contributed by atoms with van der Waals surface area (Å²) in [5.74, 6) is 0.817. The summed E-state index contributed by atoms with van der Waals surface area (Å²) in [5, 5.41) is 7.53. The van der Waals surface area contributed by atoms with Crippen molar-refractivity contribution in [1.29, 1.82) is 0 Å². The van der Waals surface area contributed by atoms with Gasteiger partial charge in [-0.2, -0.15) is 0 Å². The normalized spacial score (nSPS) is 10.6. The molecule has 2 aromatic heterocycles. The highest BCUT2D eigenvalue weighted by Crippen LogP contribution is 2.31. The number of pyridine rings is 1. The Morgan fingerprint density at radius 1 is 1.10 bits per heavy atom. The van der Waals surface area contributed by atoms with Gasteiger partial charge in [-0.15, -0.1) is 10.2 Å². The van der Waals surface area contributed by atoms with Crippen molar-refractivity contribution in [3.8, 4) is 22.7 Å². The van der Waals surface area contributed by atoms with Gasteiger partial charge >= 0.3 is 0 Å². The molecule has 1 aromatic carbocycles. The zero-order chi connectivity index (χ0) is 14.8. The molecule has 0 saturated heterocycles. The number of hydrogen-bond acceptors (Lipinski definition) is 4.